The van der Waals surface area contributed by atoms with E-state index in [0.717, 1.165) is 46.4 Å². The predicted octanol–water partition coefficient (Wildman–Crippen LogP) is 6.43. The van der Waals surface area contributed by atoms with Gasteiger partial charge in [0.15, 0.2) is 0 Å². The number of ether oxygens (including phenoxy) is 2. The largest absolute Gasteiger partial charge is 0.497 e. The first-order valence-electron chi connectivity index (χ1n) is 13.8. The number of benzene rings is 3. The second-order valence-electron chi connectivity index (χ2n) is 10.7. The lowest BCUT2D eigenvalue weighted by molar-refractivity contribution is 0.395. The number of methoxy groups -OCH3 is 2. The number of sulfonamides is 1. The Balaban J connectivity index is 1.45. The van der Waals surface area contributed by atoms with Gasteiger partial charge in [-0.1, -0.05) is 42.5 Å². The van der Waals surface area contributed by atoms with Gasteiger partial charge in [0, 0.05) is 36.2 Å². The molecule has 0 unspecified atom stereocenters. The SMILES string of the molecule is COc1ccc(CN(Cc2ccc(OC)cc2)S(=O)(=O)c2ccc(Cc3c(Br)cc(C(N)=S)n3CC3CC3)cc2F)cc1. The molecule has 5 rings (SSSR count). The molecule has 0 spiro atoms. The van der Waals surface area contributed by atoms with Crippen LogP contribution in [-0.2, 0) is 36.1 Å². The van der Waals surface area contributed by atoms with Gasteiger partial charge in [0.05, 0.1) is 19.9 Å². The van der Waals surface area contributed by atoms with Gasteiger partial charge in [0.2, 0.25) is 10.0 Å². The number of nitrogens with zero attached hydrogens (tertiary/aromatic N) is 2. The summed E-state index contributed by atoms with van der Waals surface area (Å²) < 4.78 is 58.4. The van der Waals surface area contributed by atoms with Crippen LogP contribution in [0, 0.1) is 11.7 Å². The molecule has 2 N–H and O–H groups in total. The van der Waals surface area contributed by atoms with Crippen molar-refractivity contribution in [3.63, 3.8) is 0 Å². The van der Waals surface area contributed by atoms with E-state index < -0.39 is 15.8 Å². The van der Waals surface area contributed by atoms with Crippen LogP contribution < -0.4 is 15.2 Å². The zero-order chi connectivity index (χ0) is 30.7. The predicted molar refractivity (Wildman–Crippen MR) is 172 cm³/mol. The standard InChI is InChI=1S/C32H33BrFN3O4S2/c1-40-25-10-5-21(6-11-25)18-36(19-22-7-12-26(41-2)13-8-22)43(38,39)31-14-9-24(15-28(31)34)16-29-27(33)17-30(32(35)42)37(29)20-23-3-4-23/h5-15,17,23H,3-4,16,18-20H2,1-2H3,(H2,35,42). The second kappa shape index (κ2) is 13.2. The molecule has 1 aliphatic rings. The van der Waals surface area contributed by atoms with Crippen LogP contribution in [-0.4, -0.2) is 36.5 Å². The molecular weight excluding hydrogens is 653 g/mol. The molecule has 1 fully saturated rings. The minimum atomic E-state index is -4.23. The molecule has 0 amide bonds. The lowest BCUT2D eigenvalue weighted by atomic mass is 10.1. The highest BCUT2D eigenvalue weighted by atomic mass is 79.9. The van der Waals surface area contributed by atoms with E-state index in [-0.39, 0.29) is 18.0 Å². The molecule has 1 heterocycles. The summed E-state index contributed by atoms with van der Waals surface area (Å²) in [4.78, 5) is -0.0800. The molecule has 7 nitrogen and oxygen atoms in total. The van der Waals surface area contributed by atoms with Crippen molar-refractivity contribution in [2.75, 3.05) is 14.2 Å². The smallest absolute Gasteiger partial charge is 0.246 e. The molecule has 1 saturated carbocycles. The van der Waals surface area contributed by atoms with Gasteiger partial charge in [0.25, 0.3) is 0 Å². The third-order valence-electron chi connectivity index (χ3n) is 7.57. The van der Waals surface area contributed by atoms with Crippen LogP contribution in [0.2, 0.25) is 0 Å². The average molecular weight is 687 g/mol. The third kappa shape index (κ3) is 7.29. The van der Waals surface area contributed by atoms with Gasteiger partial charge in [0.1, 0.15) is 27.2 Å². The Morgan fingerprint density at radius 3 is 1.95 bits per heavy atom. The molecule has 3 aromatic carbocycles. The number of halogens is 2. The Bertz CT molecular complexity index is 1670. The van der Waals surface area contributed by atoms with E-state index in [2.05, 4.69) is 20.5 Å². The fourth-order valence-corrected chi connectivity index (χ4v) is 7.20. The van der Waals surface area contributed by atoms with E-state index in [1.54, 1.807) is 68.8 Å². The van der Waals surface area contributed by atoms with Crippen LogP contribution in [0.15, 0.2) is 82.2 Å². The molecule has 0 atom stereocenters. The minimum absolute atomic E-state index is 0.0446. The van der Waals surface area contributed by atoms with Gasteiger partial charge in [-0.25, -0.2) is 12.8 Å². The van der Waals surface area contributed by atoms with Crippen LogP contribution in [0.4, 0.5) is 4.39 Å². The summed E-state index contributed by atoms with van der Waals surface area (Å²) in [7, 11) is -1.10. The summed E-state index contributed by atoms with van der Waals surface area (Å²) in [5, 5.41) is 0. The fraction of sp³-hybridized carbons (Fsp3) is 0.281. The molecular formula is C32H33BrFN3O4S2. The molecule has 0 aliphatic heterocycles. The minimum Gasteiger partial charge on any atom is -0.497 e. The van der Waals surface area contributed by atoms with Crippen molar-refractivity contribution >= 4 is 43.2 Å². The first-order chi connectivity index (χ1) is 20.6. The van der Waals surface area contributed by atoms with Crippen molar-refractivity contribution < 1.29 is 22.3 Å². The summed E-state index contributed by atoms with van der Waals surface area (Å²) in [6.45, 7) is 0.875. The molecule has 0 bridgehead atoms. The zero-order valence-corrected chi connectivity index (χ0v) is 27.1. The first kappa shape index (κ1) is 31.2. The van der Waals surface area contributed by atoms with Gasteiger partial charge < -0.3 is 19.8 Å². The van der Waals surface area contributed by atoms with Gasteiger partial charge in [-0.15, -0.1) is 0 Å². The summed E-state index contributed by atoms with van der Waals surface area (Å²) in [5.74, 6) is 1.08. The van der Waals surface area contributed by atoms with Gasteiger partial charge in [-0.05, 0) is 93.8 Å². The lowest BCUT2D eigenvalue weighted by Gasteiger charge is -2.23. The van der Waals surface area contributed by atoms with Crippen molar-refractivity contribution in [1.82, 2.24) is 8.87 Å². The molecule has 1 aromatic heterocycles. The molecule has 43 heavy (non-hydrogen) atoms. The Hall–Kier alpha value is -3.25. The number of thiocarbonyl (C=S) groups is 1. The maximum atomic E-state index is 15.7. The van der Waals surface area contributed by atoms with E-state index in [9.17, 15) is 8.42 Å². The number of nitrogens with two attached hydrogens (primary N) is 1. The molecule has 0 saturated heterocycles. The summed E-state index contributed by atoms with van der Waals surface area (Å²) >= 11 is 8.90. The lowest BCUT2D eigenvalue weighted by Crippen LogP contribution is -2.31. The third-order valence-corrected chi connectivity index (χ3v) is 10.3. The quantitative estimate of drug-likeness (QED) is 0.163. The van der Waals surface area contributed by atoms with Gasteiger partial charge in [-0.3, -0.25) is 0 Å². The Labute approximate surface area is 265 Å². The molecule has 0 radical (unpaired) electrons. The summed E-state index contributed by atoms with van der Waals surface area (Å²) in [6, 6.07) is 20.5. The van der Waals surface area contributed by atoms with E-state index in [4.69, 9.17) is 27.4 Å². The number of aromatic nitrogens is 1. The topological polar surface area (TPSA) is 86.8 Å². The number of hydrogen-bond acceptors (Lipinski definition) is 5. The maximum Gasteiger partial charge on any atom is 0.246 e. The molecule has 1 aliphatic carbocycles. The van der Waals surface area contributed by atoms with Crippen molar-refractivity contribution in [1.29, 1.82) is 0 Å². The molecule has 11 heteroatoms. The maximum absolute atomic E-state index is 15.7. The summed E-state index contributed by atoms with van der Waals surface area (Å²) in [5.41, 5.74) is 9.79. The Kier molecular flexibility index (Phi) is 9.55. The Morgan fingerprint density at radius 2 is 1.49 bits per heavy atom. The first-order valence-corrected chi connectivity index (χ1v) is 16.4. The van der Waals surface area contributed by atoms with Crippen LogP contribution >= 0.6 is 28.1 Å². The van der Waals surface area contributed by atoms with Gasteiger partial charge >= 0.3 is 0 Å². The van der Waals surface area contributed by atoms with Crippen LogP contribution in [0.5, 0.6) is 11.5 Å². The van der Waals surface area contributed by atoms with Crippen molar-refractivity contribution in [3.05, 3.63) is 111 Å². The Morgan fingerprint density at radius 1 is 0.953 bits per heavy atom. The van der Waals surface area contributed by atoms with Crippen molar-refractivity contribution in [2.45, 2.75) is 43.8 Å². The highest BCUT2D eigenvalue weighted by Crippen LogP contribution is 2.35. The van der Waals surface area contributed by atoms with Crippen molar-refractivity contribution in [3.8, 4) is 11.5 Å². The highest BCUT2D eigenvalue weighted by molar-refractivity contribution is 9.10. The zero-order valence-electron chi connectivity index (χ0n) is 23.9. The number of hydrogen-bond donors (Lipinski definition) is 1. The molecule has 4 aromatic rings. The molecule has 226 valence electrons. The normalized spacial score (nSPS) is 13.3. The number of rotatable bonds is 13. The van der Waals surface area contributed by atoms with E-state index in [0.29, 0.717) is 34.4 Å². The van der Waals surface area contributed by atoms with E-state index in [1.165, 1.54) is 16.4 Å². The summed E-state index contributed by atoms with van der Waals surface area (Å²) in [6.07, 6.45) is 2.68. The second-order valence-corrected chi connectivity index (χ2v) is 13.9. The van der Waals surface area contributed by atoms with E-state index in [1.807, 2.05) is 6.07 Å². The fourth-order valence-electron chi connectivity index (χ4n) is 5.00. The monoisotopic (exact) mass is 685 g/mol. The van der Waals surface area contributed by atoms with Crippen LogP contribution in [0.25, 0.3) is 0 Å². The van der Waals surface area contributed by atoms with E-state index >= 15 is 4.39 Å². The van der Waals surface area contributed by atoms with Gasteiger partial charge in [-0.2, -0.15) is 4.31 Å². The highest BCUT2D eigenvalue weighted by Gasteiger charge is 2.29. The van der Waals surface area contributed by atoms with Crippen LogP contribution in [0.1, 0.15) is 40.9 Å². The average Bonchev–Trinajstić information content (AvgIpc) is 3.76. The van der Waals surface area contributed by atoms with Crippen LogP contribution in [0.3, 0.4) is 0 Å². The van der Waals surface area contributed by atoms with Crippen molar-refractivity contribution in [2.24, 2.45) is 11.7 Å².